The first-order valence-electron chi connectivity index (χ1n) is 4.84. The molecule has 0 saturated heterocycles. The fourth-order valence-corrected chi connectivity index (χ4v) is 4.34. The molecule has 0 fully saturated rings. The molecule has 0 aliphatic rings. The van der Waals surface area contributed by atoms with Crippen LogP contribution in [0, 0.1) is 0 Å². The molecule has 0 heterocycles. The van der Waals surface area contributed by atoms with Crippen molar-refractivity contribution in [3.63, 3.8) is 0 Å². The van der Waals surface area contributed by atoms with E-state index in [0.29, 0.717) is 13.1 Å². The molecular formula is C10H20FeN2NaO4. The molecule has 0 aromatic rings. The molecule has 0 saturated carbocycles. The molecule has 0 aromatic carbocycles. The average molecular weight is 311 g/mol. The van der Waals surface area contributed by atoms with Gasteiger partial charge in [-0.3, -0.25) is 0 Å². The van der Waals surface area contributed by atoms with E-state index in [-0.39, 0.29) is 29.6 Å². The van der Waals surface area contributed by atoms with Crippen LogP contribution in [0.3, 0.4) is 0 Å². The number of carbonyl (C=O) groups is 4. The summed E-state index contributed by atoms with van der Waals surface area (Å²) in [6.45, 7) is 5.71. The first kappa shape index (κ1) is 23.2. The van der Waals surface area contributed by atoms with E-state index in [4.69, 9.17) is 11.5 Å². The van der Waals surface area contributed by atoms with Crippen LogP contribution in [0.2, 0.25) is 0 Å². The van der Waals surface area contributed by atoms with Gasteiger partial charge < -0.3 is 11.5 Å². The van der Waals surface area contributed by atoms with Crippen LogP contribution < -0.4 is 41.0 Å². The van der Waals surface area contributed by atoms with Gasteiger partial charge in [-0.1, -0.05) is 0 Å². The van der Waals surface area contributed by atoms with Crippen molar-refractivity contribution in [3.05, 3.63) is 0 Å². The molecule has 4 N–H and O–H groups in total. The molecule has 18 heavy (non-hydrogen) atoms. The summed E-state index contributed by atoms with van der Waals surface area (Å²) in [5.74, 6) is 0. The molecule has 0 radical (unpaired) electrons. The van der Waals surface area contributed by atoms with Gasteiger partial charge in [0.25, 0.3) is 0 Å². The number of hydrogen-bond donors (Lipinski definition) is 2. The van der Waals surface area contributed by atoms with Crippen molar-refractivity contribution in [1.29, 1.82) is 0 Å². The summed E-state index contributed by atoms with van der Waals surface area (Å²) in [5.41, 5.74) is 9.81. The normalized spacial score (nSPS) is 10.3. The first-order chi connectivity index (χ1) is 7.69. The molecule has 0 aliphatic carbocycles. The summed E-state index contributed by atoms with van der Waals surface area (Å²) < 4.78 is -2.33. The van der Waals surface area contributed by atoms with Crippen LogP contribution >= 0.6 is 0 Å². The molecule has 0 aromatic heterocycles. The molecule has 6 nitrogen and oxygen atoms in total. The van der Waals surface area contributed by atoms with Gasteiger partial charge in [0, 0.05) is 13.1 Å². The van der Waals surface area contributed by atoms with Gasteiger partial charge in [-0.15, -0.1) is 0 Å². The van der Waals surface area contributed by atoms with Crippen molar-refractivity contribution in [2.45, 2.75) is 27.7 Å². The minimum atomic E-state index is -3.50. The van der Waals surface area contributed by atoms with Crippen molar-refractivity contribution in [2.75, 3.05) is 13.1 Å². The Morgan fingerprint density at radius 1 is 0.722 bits per heavy atom. The van der Waals surface area contributed by atoms with Crippen molar-refractivity contribution >= 4 is 18.7 Å². The van der Waals surface area contributed by atoms with E-state index in [1.165, 1.54) is 0 Å². The van der Waals surface area contributed by atoms with Crippen LogP contribution in [0.1, 0.15) is 27.7 Å². The zero-order chi connectivity index (χ0) is 14.2. The number of hydrogen-bond acceptors (Lipinski definition) is 6. The number of nitrogens with two attached hydrogens (primary N) is 2. The SMILES string of the molecule is C[C](=O)[Fe-]([C](C)=O)([C](C)=O)[C](C)=O.NCCN.[Na+]. The van der Waals surface area contributed by atoms with E-state index in [1.807, 2.05) is 0 Å². The second-order valence-electron chi connectivity index (χ2n) is 2.92. The Morgan fingerprint density at radius 3 is 0.889 bits per heavy atom. The van der Waals surface area contributed by atoms with Gasteiger partial charge in [0.05, 0.1) is 0 Å². The van der Waals surface area contributed by atoms with Gasteiger partial charge in [0.1, 0.15) is 0 Å². The maximum absolute atomic E-state index is 11.2. The second kappa shape index (κ2) is 11.0. The smallest absolute Gasteiger partial charge is 0.329 e. The van der Waals surface area contributed by atoms with Crippen molar-refractivity contribution < 1.29 is 61.6 Å². The van der Waals surface area contributed by atoms with E-state index < -0.39 is 31.6 Å². The summed E-state index contributed by atoms with van der Waals surface area (Å²) in [6.07, 6.45) is 0. The zero-order valence-corrected chi connectivity index (χ0v) is 14.7. The van der Waals surface area contributed by atoms with Gasteiger partial charge in [-0.25, -0.2) is 0 Å². The van der Waals surface area contributed by atoms with E-state index in [9.17, 15) is 19.2 Å². The summed E-state index contributed by atoms with van der Waals surface area (Å²) in [7, 11) is 0. The zero-order valence-electron chi connectivity index (χ0n) is 11.6. The van der Waals surface area contributed by atoms with Crippen LogP contribution in [-0.4, -0.2) is 31.8 Å². The van der Waals surface area contributed by atoms with E-state index >= 15 is 0 Å². The first-order valence-corrected chi connectivity index (χ1v) is 7.05. The molecule has 0 amide bonds. The maximum atomic E-state index is 11.2. The molecule has 0 spiro atoms. The molecule has 8 heteroatoms. The molecule has 0 aliphatic heterocycles. The van der Waals surface area contributed by atoms with Crippen LogP contribution in [0.15, 0.2) is 0 Å². The third-order valence-corrected chi connectivity index (χ3v) is 6.33. The van der Waals surface area contributed by atoms with Crippen LogP contribution in [0.5, 0.6) is 0 Å². The Balaban J connectivity index is -0.000000392. The van der Waals surface area contributed by atoms with Crippen molar-refractivity contribution in [1.82, 2.24) is 0 Å². The van der Waals surface area contributed by atoms with Gasteiger partial charge >= 0.3 is 108 Å². The van der Waals surface area contributed by atoms with E-state index in [2.05, 4.69) is 0 Å². The third kappa shape index (κ3) is 5.84. The number of carbonyl (C=O) groups excluding carboxylic acids is 4. The Hall–Kier alpha value is 0.119. The van der Waals surface area contributed by atoms with Crippen molar-refractivity contribution in [2.24, 2.45) is 11.5 Å². The Labute approximate surface area is 132 Å². The molecule has 0 bridgehead atoms. The molecule has 0 atom stereocenters. The molecule has 0 unspecified atom stereocenters. The third-order valence-electron chi connectivity index (χ3n) is 1.66. The number of rotatable bonds is 5. The largest absolute Gasteiger partial charge is 1.00 e. The van der Waals surface area contributed by atoms with Gasteiger partial charge in [-0.05, 0) is 0 Å². The molecule has 0 rings (SSSR count). The average Bonchev–Trinajstić information content (AvgIpc) is 2.16. The summed E-state index contributed by atoms with van der Waals surface area (Å²) in [6, 6.07) is 0. The van der Waals surface area contributed by atoms with Gasteiger partial charge in [-0.2, -0.15) is 0 Å². The van der Waals surface area contributed by atoms with Gasteiger partial charge in [0.15, 0.2) is 0 Å². The van der Waals surface area contributed by atoms with Crippen molar-refractivity contribution in [3.8, 4) is 0 Å². The summed E-state index contributed by atoms with van der Waals surface area (Å²) >= 11 is -3.50. The molecule has 103 valence electrons. The Morgan fingerprint density at radius 2 is 0.889 bits per heavy atom. The predicted octanol–water partition coefficient (Wildman–Crippen LogP) is -3.77. The monoisotopic (exact) mass is 311 g/mol. The van der Waals surface area contributed by atoms with Crippen LogP contribution in [0.4, 0.5) is 0 Å². The van der Waals surface area contributed by atoms with E-state index in [0.717, 1.165) is 27.7 Å². The summed E-state index contributed by atoms with van der Waals surface area (Å²) in [4.78, 5) is 44.7. The van der Waals surface area contributed by atoms with Gasteiger partial charge in [0.2, 0.25) is 0 Å². The standard InChI is InChI=1S/C2H8N2.4C2H3O.Fe.Na/c3-1-2-4;4*1-2-3;;/h1-4H2;4*1H3;;/q;;;;;-1;+1. The minimum Gasteiger partial charge on any atom is -0.329 e. The Kier molecular flexibility index (Phi) is 14.2. The molecular weight excluding hydrogens is 291 g/mol. The fraction of sp³-hybridized carbons (Fsp3) is 0.600. The predicted molar refractivity (Wildman–Crippen MR) is 60.8 cm³/mol. The van der Waals surface area contributed by atoms with Crippen LogP contribution in [-0.2, 0) is 32.0 Å². The summed E-state index contributed by atoms with van der Waals surface area (Å²) in [5, 5.41) is 0. The van der Waals surface area contributed by atoms with E-state index in [1.54, 1.807) is 0 Å². The fourth-order valence-electron chi connectivity index (χ4n) is 1.05. The van der Waals surface area contributed by atoms with Crippen LogP contribution in [0.25, 0.3) is 0 Å². The maximum Gasteiger partial charge on any atom is 1.00 e. The minimum absolute atomic E-state index is 0. The second-order valence-corrected chi connectivity index (χ2v) is 7.69. The quantitative estimate of drug-likeness (QED) is 0.503. The Bertz CT molecular complexity index is 270. The topological polar surface area (TPSA) is 120 Å².